The van der Waals surface area contributed by atoms with E-state index in [4.69, 9.17) is 5.11 Å². The molecule has 1 aromatic rings. The van der Waals surface area contributed by atoms with E-state index in [0.717, 1.165) is 6.07 Å². The van der Waals surface area contributed by atoms with Gasteiger partial charge in [0.25, 0.3) is 0 Å². The molecule has 1 aliphatic rings. The van der Waals surface area contributed by atoms with E-state index in [2.05, 4.69) is 0 Å². The lowest BCUT2D eigenvalue weighted by Gasteiger charge is -2.36. The Labute approximate surface area is 94.5 Å². The lowest BCUT2D eigenvalue weighted by molar-refractivity contribution is -0.153. The molecule has 0 heterocycles. The highest BCUT2D eigenvalue weighted by molar-refractivity contribution is 6.01. The first kappa shape index (κ1) is 11.5. The molecule has 0 bridgehead atoms. The van der Waals surface area contributed by atoms with Gasteiger partial charge in [0.2, 0.25) is 0 Å². The van der Waals surface area contributed by atoms with Crippen LogP contribution >= 0.6 is 0 Å². The van der Waals surface area contributed by atoms with Crippen LogP contribution in [0.1, 0.15) is 18.4 Å². The van der Waals surface area contributed by atoms with Gasteiger partial charge in [-0.15, -0.1) is 0 Å². The van der Waals surface area contributed by atoms with E-state index in [0.29, 0.717) is 6.07 Å². The Kier molecular flexibility index (Phi) is 2.38. The number of benzene rings is 1. The Hall–Kier alpha value is -1.98. The SMILES string of the molecule is O=C1CC(C(=O)O)(c2cc(F)cc(F)c2O)C1. The fourth-order valence-corrected chi connectivity index (χ4v) is 2.01. The van der Waals surface area contributed by atoms with Crippen LogP contribution < -0.4 is 0 Å². The molecule has 0 unspecified atom stereocenters. The van der Waals surface area contributed by atoms with Crippen molar-refractivity contribution < 1.29 is 28.6 Å². The van der Waals surface area contributed by atoms with Gasteiger partial charge in [0.05, 0.1) is 0 Å². The quantitative estimate of drug-likeness (QED) is 0.821. The molecule has 4 nitrogen and oxygen atoms in total. The highest BCUT2D eigenvalue weighted by Crippen LogP contribution is 2.46. The number of carboxylic acid groups (broad SMARTS) is 1. The summed E-state index contributed by atoms with van der Waals surface area (Å²) in [6, 6.07) is 1.20. The lowest BCUT2D eigenvalue weighted by atomic mass is 9.63. The predicted octanol–water partition coefficient (Wildman–Crippen LogP) is 1.36. The molecule has 1 aliphatic carbocycles. The van der Waals surface area contributed by atoms with E-state index in [1.807, 2.05) is 0 Å². The minimum Gasteiger partial charge on any atom is -0.505 e. The maximum atomic E-state index is 13.1. The first-order chi connectivity index (χ1) is 7.86. The van der Waals surface area contributed by atoms with E-state index in [-0.39, 0.29) is 24.2 Å². The summed E-state index contributed by atoms with van der Waals surface area (Å²) >= 11 is 0. The van der Waals surface area contributed by atoms with Crippen molar-refractivity contribution in [2.75, 3.05) is 0 Å². The predicted molar refractivity (Wildman–Crippen MR) is 51.6 cm³/mol. The van der Waals surface area contributed by atoms with Gasteiger partial charge >= 0.3 is 5.97 Å². The summed E-state index contributed by atoms with van der Waals surface area (Å²) in [7, 11) is 0. The number of phenols is 1. The highest BCUT2D eigenvalue weighted by atomic mass is 19.1. The van der Waals surface area contributed by atoms with Crippen LogP contribution in [0.3, 0.4) is 0 Å². The Bertz CT molecular complexity index is 516. The Morgan fingerprint density at radius 2 is 1.88 bits per heavy atom. The molecule has 6 heteroatoms. The molecule has 0 saturated heterocycles. The molecule has 90 valence electrons. The lowest BCUT2D eigenvalue weighted by Crippen LogP contribution is -2.48. The molecule has 0 radical (unpaired) electrons. The van der Waals surface area contributed by atoms with Crippen molar-refractivity contribution in [3.63, 3.8) is 0 Å². The van der Waals surface area contributed by atoms with Crippen molar-refractivity contribution in [3.8, 4) is 5.75 Å². The fourth-order valence-electron chi connectivity index (χ4n) is 2.01. The number of carbonyl (C=O) groups is 2. The van der Waals surface area contributed by atoms with Crippen molar-refractivity contribution in [3.05, 3.63) is 29.3 Å². The number of carbonyl (C=O) groups excluding carboxylic acids is 1. The molecule has 1 aromatic carbocycles. The molecular weight excluding hydrogens is 234 g/mol. The highest BCUT2D eigenvalue weighted by Gasteiger charge is 2.53. The van der Waals surface area contributed by atoms with Gasteiger partial charge in [-0.25, -0.2) is 8.78 Å². The Morgan fingerprint density at radius 3 is 2.35 bits per heavy atom. The summed E-state index contributed by atoms with van der Waals surface area (Å²) in [4.78, 5) is 22.1. The minimum atomic E-state index is -1.70. The maximum Gasteiger partial charge on any atom is 0.315 e. The molecule has 1 saturated carbocycles. The van der Waals surface area contributed by atoms with E-state index < -0.39 is 28.8 Å². The summed E-state index contributed by atoms with van der Waals surface area (Å²) in [5, 5.41) is 18.5. The van der Waals surface area contributed by atoms with Gasteiger partial charge < -0.3 is 10.2 Å². The first-order valence-electron chi connectivity index (χ1n) is 4.80. The van der Waals surface area contributed by atoms with Crippen molar-refractivity contribution in [2.24, 2.45) is 0 Å². The van der Waals surface area contributed by atoms with Crippen molar-refractivity contribution >= 4 is 11.8 Å². The molecule has 0 spiro atoms. The minimum absolute atomic E-state index is 0.323. The summed E-state index contributed by atoms with van der Waals surface area (Å²) in [5.74, 6) is -4.84. The van der Waals surface area contributed by atoms with E-state index in [9.17, 15) is 23.5 Å². The van der Waals surface area contributed by atoms with E-state index >= 15 is 0 Å². The van der Waals surface area contributed by atoms with Crippen molar-refractivity contribution in [1.29, 1.82) is 0 Å². The van der Waals surface area contributed by atoms with Gasteiger partial charge in [-0.05, 0) is 6.07 Å². The van der Waals surface area contributed by atoms with E-state index in [1.54, 1.807) is 0 Å². The number of ketones is 1. The van der Waals surface area contributed by atoms with Gasteiger partial charge in [-0.1, -0.05) is 0 Å². The number of phenolic OH excluding ortho intramolecular Hbond substituents is 1. The zero-order valence-electron chi connectivity index (χ0n) is 8.54. The van der Waals surface area contributed by atoms with Crippen LogP contribution in [-0.4, -0.2) is 22.0 Å². The Balaban J connectivity index is 2.59. The maximum absolute atomic E-state index is 13.1. The number of rotatable bonds is 2. The van der Waals surface area contributed by atoms with Crippen LogP contribution in [0.2, 0.25) is 0 Å². The summed E-state index contributed by atoms with van der Waals surface area (Å²) in [6.07, 6.45) is -0.725. The third kappa shape index (κ3) is 1.56. The van der Waals surface area contributed by atoms with E-state index in [1.165, 1.54) is 0 Å². The van der Waals surface area contributed by atoms with Crippen molar-refractivity contribution in [2.45, 2.75) is 18.3 Å². The monoisotopic (exact) mass is 242 g/mol. The second-order valence-electron chi connectivity index (χ2n) is 4.06. The topological polar surface area (TPSA) is 74.6 Å². The summed E-state index contributed by atoms with van der Waals surface area (Å²) in [5.41, 5.74) is -2.09. The fraction of sp³-hybridized carbons (Fsp3) is 0.273. The number of halogens is 2. The Morgan fingerprint density at radius 1 is 1.29 bits per heavy atom. The molecular formula is C11H8F2O4. The molecule has 0 aromatic heterocycles. The normalized spacial score (nSPS) is 17.6. The van der Waals surface area contributed by atoms with Crippen LogP contribution in [0.25, 0.3) is 0 Å². The molecule has 0 amide bonds. The third-order valence-corrected chi connectivity index (χ3v) is 2.95. The van der Waals surface area contributed by atoms with Crippen LogP contribution in [0.4, 0.5) is 8.78 Å². The number of aromatic hydroxyl groups is 1. The third-order valence-electron chi connectivity index (χ3n) is 2.95. The zero-order chi connectivity index (χ0) is 12.8. The average Bonchev–Trinajstić information content (AvgIpc) is 2.18. The number of carboxylic acids is 1. The van der Waals surface area contributed by atoms with Gasteiger partial charge in [0.1, 0.15) is 17.0 Å². The second-order valence-corrected chi connectivity index (χ2v) is 4.06. The van der Waals surface area contributed by atoms with Gasteiger partial charge in [-0.3, -0.25) is 9.59 Å². The molecule has 2 rings (SSSR count). The largest absolute Gasteiger partial charge is 0.505 e. The summed E-state index contributed by atoms with van der Waals surface area (Å²) in [6.45, 7) is 0. The number of aliphatic carboxylic acids is 1. The van der Waals surface area contributed by atoms with Crippen LogP contribution in [0.5, 0.6) is 5.75 Å². The summed E-state index contributed by atoms with van der Waals surface area (Å²) < 4.78 is 26.2. The smallest absolute Gasteiger partial charge is 0.315 e. The number of hydrogen-bond acceptors (Lipinski definition) is 3. The van der Waals surface area contributed by atoms with Gasteiger partial charge in [0, 0.05) is 24.5 Å². The number of Topliss-reactive ketones (excluding diaryl/α,β-unsaturated/α-hetero) is 1. The molecule has 0 aliphatic heterocycles. The second kappa shape index (κ2) is 3.51. The van der Waals surface area contributed by atoms with Gasteiger partial charge in [0.15, 0.2) is 11.6 Å². The van der Waals surface area contributed by atoms with Crippen LogP contribution in [-0.2, 0) is 15.0 Å². The molecule has 1 fully saturated rings. The first-order valence-corrected chi connectivity index (χ1v) is 4.80. The van der Waals surface area contributed by atoms with Crippen LogP contribution in [0, 0.1) is 11.6 Å². The molecule has 2 N–H and O–H groups in total. The van der Waals surface area contributed by atoms with Gasteiger partial charge in [-0.2, -0.15) is 0 Å². The van der Waals surface area contributed by atoms with Crippen molar-refractivity contribution in [1.82, 2.24) is 0 Å². The molecule has 0 atom stereocenters. The molecule has 17 heavy (non-hydrogen) atoms. The number of hydrogen-bond donors (Lipinski definition) is 2. The average molecular weight is 242 g/mol. The van der Waals surface area contributed by atoms with Crippen LogP contribution in [0.15, 0.2) is 12.1 Å². The zero-order valence-corrected chi connectivity index (χ0v) is 8.54. The standard InChI is InChI=1S/C11H8F2O4/c12-5-1-7(9(15)8(13)2-5)11(10(16)17)3-6(14)4-11/h1-2,15H,3-4H2,(H,16,17).